The number of ether oxygens (including phenoxy) is 1. The van der Waals surface area contributed by atoms with Crippen LogP contribution in [0.3, 0.4) is 0 Å². The third kappa shape index (κ3) is 2.72. The summed E-state index contributed by atoms with van der Waals surface area (Å²) in [7, 11) is 0. The van der Waals surface area contributed by atoms with E-state index >= 15 is 0 Å². The monoisotopic (exact) mass is 363 g/mol. The fraction of sp³-hybridized carbons (Fsp3) is 0.556. The van der Waals surface area contributed by atoms with E-state index < -0.39 is 11.5 Å². The number of fused-ring (bicyclic) bond motifs is 1. The Balaban J connectivity index is 1.47. The molecule has 2 amide bonds. The number of halogens is 1. The van der Waals surface area contributed by atoms with Crippen LogP contribution in [-0.4, -0.2) is 48.1 Å². The van der Waals surface area contributed by atoms with Crippen molar-refractivity contribution in [2.45, 2.75) is 31.1 Å². The Bertz CT molecular complexity index is 695. The highest BCUT2D eigenvalue weighted by molar-refractivity contribution is 6.30. The summed E-state index contributed by atoms with van der Waals surface area (Å²) in [5.74, 6) is -0.867. The van der Waals surface area contributed by atoms with Crippen molar-refractivity contribution in [1.82, 2.24) is 10.2 Å². The van der Waals surface area contributed by atoms with Crippen molar-refractivity contribution in [1.29, 1.82) is 0 Å². The lowest BCUT2D eigenvalue weighted by Gasteiger charge is -2.27. The lowest BCUT2D eigenvalue weighted by molar-refractivity contribution is -0.138. The third-order valence-electron chi connectivity index (χ3n) is 5.68. The van der Waals surface area contributed by atoms with E-state index in [0.29, 0.717) is 31.2 Å². The van der Waals surface area contributed by atoms with Crippen LogP contribution >= 0.6 is 11.6 Å². The summed E-state index contributed by atoms with van der Waals surface area (Å²) in [6, 6.07) is 7.35. The quantitative estimate of drug-likeness (QED) is 0.814. The molecule has 1 aromatic carbocycles. The summed E-state index contributed by atoms with van der Waals surface area (Å²) in [5.41, 5.74) is 6.09. The van der Waals surface area contributed by atoms with Gasteiger partial charge in [-0.15, -0.1) is 0 Å². The predicted octanol–water partition coefficient (Wildman–Crippen LogP) is 0.921. The van der Waals surface area contributed by atoms with Gasteiger partial charge < -0.3 is 20.7 Å². The molecule has 0 aliphatic carbocycles. The highest BCUT2D eigenvalue weighted by atomic mass is 35.5. The molecule has 3 N–H and O–H groups in total. The normalized spacial score (nSPS) is 33.0. The molecule has 1 spiro atoms. The molecule has 134 valence electrons. The SMILES string of the molecule is NCCN1C[C@]23CC[C@H](O2)[C@H](C(=O)NCc2ccc(Cl)cc2)[C@@H]3C1=O. The Morgan fingerprint density at radius 2 is 2.16 bits per heavy atom. The zero-order chi connectivity index (χ0) is 17.6. The van der Waals surface area contributed by atoms with Crippen molar-refractivity contribution in [3.63, 3.8) is 0 Å². The Labute approximate surface area is 151 Å². The first-order valence-corrected chi connectivity index (χ1v) is 9.11. The van der Waals surface area contributed by atoms with Crippen molar-refractivity contribution in [2.24, 2.45) is 17.6 Å². The molecule has 25 heavy (non-hydrogen) atoms. The van der Waals surface area contributed by atoms with Gasteiger partial charge in [-0.3, -0.25) is 9.59 Å². The van der Waals surface area contributed by atoms with E-state index in [1.807, 2.05) is 12.1 Å². The average molecular weight is 364 g/mol. The maximum absolute atomic E-state index is 12.8. The molecule has 3 aliphatic heterocycles. The summed E-state index contributed by atoms with van der Waals surface area (Å²) in [6.45, 7) is 1.92. The molecule has 0 unspecified atom stereocenters. The minimum absolute atomic E-state index is 0.0132. The van der Waals surface area contributed by atoms with Gasteiger partial charge in [-0.05, 0) is 30.5 Å². The molecular weight excluding hydrogens is 342 g/mol. The van der Waals surface area contributed by atoms with Crippen LogP contribution in [0, 0.1) is 11.8 Å². The number of carbonyl (C=O) groups is 2. The van der Waals surface area contributed by atoms with E-state index in [2.05, 4.69) is 5.32 Å². The van der Waals surface area contributed by atoms with Gasteiger partial charge in [0.15, 0.2) is 0 Å². The van der Waals surface area contributed by atoms with E-state index in [4.69, 9.17) is 22.1 Å². The number of rotatable bonds is 5. The molecule has 0 aromatic heterocycles. The van der Waals surface area contributed by atoms with Crippen LogP contribution in [0.1, 0.15) is 18.4 Å². The van der Waals surface area contributed by atoms with Gasteiger partial charge >= 0.3 is 0 Å². The van der Waals surface area contributed by atoms with E-state index in [9.17, 15) is 9.59 Å². The second-order valence-corrected chi connectivity index (χ2v) is 7.59. The molecule has 1 aromatic rings. The van der Waals surface area contributed by atoms with E-state index in [1.165, 1.54) is 0 Å². The Kier molecular flexibility index (Phi) is 4.22. The van der Waals surface area contributed by atoms with Gasteiger partial charge in [-0.1, -0.05) is 23.7 Å². The summed E-state index contributed by atoms with van der Waals surface area (Å²) >= 11 is 5.88. The molecular formula is C18H22ClN3O3. The number of benzene rings is 1. The van der Waals surface area contributed by atoms with Crippen molar-refractivity contribution < 1.29 is 14.3 Å². The first-order valence-electron chi connectivity index (χ1n) is 8.73. The minimum Gasteiger partial charge on any atom is -0.368 e. The number of nitrogens with two attached hydrogens (primary N) is 1. The Morgan fingerprint density at radius 1 is 1.40 bits per heavy atom. The first-order chi connectivity index (χ1) is 12.0. The molecule has 0 saturated carbocycles. The topological polar surface area (TPSA) is 84.7 Å². The number of hydrogen-bond donors (Lipinski definition) is 2. The highest BCUT2D eigenvalue weighted by Crippen LogP contribution is 2.55. The molecule has 3 fully saturated rings. The zero-order valence-corrected chi connectivity index (χ0v) is 14.7. The van der Waals surface area contributed by atoms with Gasteiger partial charge in [0.25, 0.3) is 0 Å². The number of carbonyl (C=O) groups excluding carboxylic acids is 2. The average Bonchev–Trinajstić information content (AvgIpc) is 3.23. The van der Waals surface area contributed by atoms with Gasteiger partial charge in [-0.2, -0.15) is 0 Å². The van der Waals surface area contributed by atoms with Crippen molar-refractivity contribution in [2.75, 3.05) is 19.6 Å². The Hall–Kier alpha value is -1.63. The van der Waals surface area contributed by atoms with Crippen LogP contribution in [0.5, 0.6) is 0 Å². The lowest BCUT2D eigenvalue weighted by atomic mass is 9.73. The van der Waals surface area contributed by atoms with Crippen LogP contribution in [0.4, 0.5) is 0 Å². The summed E-state index contributed by atoms with van der Waals surface area (Å²) in [4.78, 5) is 27.4. The fourth-order valence-electron chi connectivity index (χ4n) is 4.60. The number of nitrogens with zero attached hydrogens (tertiary/aromatic N) is 1. The molecule has 7 heteroatoms. The standard InChI is InChI=1S/C18H22ClN3O3/c19-12-3-1-11(2-4-12)9-21-16(23)14-13-5-6-18(25-13)10-22(8-7-20)17(24)15(14)18/h1-4,13-15H,5-10,20H2,(H,21,23)/t13-,14-,15+,18-/m0/s1. The fourth-order valence-corrected chi connectivity index (χ4v) is 4.72. The molecule has 3 heterocycles. The summed E-state index contributed by atoms with van der Waals surface area (Å²) in [6.07, 6.45) is 1.52. The molecule has 3 saturated heterocycles. The maximum Gasteiger partial charge on any atom is 0.229 e. The van der Waals surface area contributed by atoms with Gasteiger partial charge in [0.05, 0.1) is 30.1 Å². The maximum atomic E-state index is 12.8. The van der Waals surface area contributed by atoms with Crippen LogP contribution in [-0.2, 0) is 20.9 Å². The van der Waals surface area contributed by atoms with Crippen molar-refractivity contribution in [3.05, 3.63) is 34.9 Å². The summed E-state index contributed by atoms with van der Waals surface area (Å²) in [5, 5.41) is 3.63. The van der Waals surface area contributed by atoms with E-state index in [0.717, 1.165) is 18.4 Å². The number of nitrogens with one attached hydrogen (secondary N) is 1. The van der Waals surface area contributed by atoms with E-state index in [-0.39, 0.29) is 23.8 Å². The largest absolute Gasteiger partial charge is 0.368 e. The molecule has 2 bridgehead atoms. The van der Waals surface area contributed by atoms with Crippen LogP contribution < -0.4 is 11.1 Å². The molecule has 6 nitrogen and oxygen atoms in total. The number of hydrogen-bond acceptors (Lipinski definition) is 4. The molecule has 3 aliphatic rings. The molecule has 0 radical (unpaired) electrons. The number of amides is 2. The van der Waals surface area contributed by atoms with E-state index in [1.54, 1.807) is 17.0 Å². The second-order valence-electron chi connectivity index (χ2n) is 7.16. The Morgan fingerprint density at radius 3 is 2.88 bits per heavy atom. The van der Waals surface area contributed by atoms with Gasteiger partial charge in [0.2, 0.25) is 11.8 Å². The van der Waals surface area contributed by atoms with Gasteiger partial charge in [0, 0.05) is 24.7 Å². The van der Waals surface area contributed by atoms with Crippen molar-refractivity contribution >= 4 is 23.4 Å². The molecule has 4 rings (SSSR count). The van der Waals surface area contributed by atoms with Crippen LogP contribution in [0.25, 0.3) is 0 Å². The van der Waals surface area contributed by atoms with Gasteiger partial charge in [-0.25, -0.2) is 0 Å². The van der Waals surface area contributed by atoms with Crippen LogP contribution in [0.2, 0.25) is 5.02 Å². The lowest BCUT2D eigenvalue weighted by Crippen LogP contribution is -2.45. The second kappa shape index (κ2) is 6.27. The minimum atomic E-state index is -0.487. The first kappa shape index (κ1) is 16.8. The molecule has 4 atom stereocenters. The number of likely N-dealkylation sites (tertiary alicyclic amines) is 1. The zero-order valence-electron chi connectivity index (χ0n) is 13.9. The summed E-state index contributed by atoms with van der Waals surface area (Å²) < 4.78 is 6.15. The highest BCUT2D eigenvalue weighted by Gasteiger charge is 2.68. The van der Waals surface area contributed by atoms with Crippen molar-refractivity contribution in [3.8, 4) is 0 Å². The predicted molar refractivity (Wildman–Crippen MR) is 92.8 cm³/mol. The van der Waals surface area contributed by atoms with Gasteiger partial charge in [0.1, 0.15) is 0 Å². The van der Waals surface area contributed by atoms with Crippen LogP contribution in [0.15, 0.2) is 24.3 Å². The smallest absolute Gasteiger partial charge is 0.229 e. The third-order valence-corrected chi connectivity index (χ3v) is 5.93.